The molecule has 0 aliphatic carbocycles. The summed E-state index contributed by atoms with van der Waals surface area (Å²) in [5.41, 5.74) is 8.45. The highest BCUT2D eigenvalue weighted by molar-refractivity contribution is 7.91. The number of rotatable bonds is 6. The summed E-state index contributed by atoms with van der Waals surface area (Å²) in [6, 6.07) is 27.3. The second-order valence-corrected chi connectivity index (χ2v) is 19.2. The van der Waals surface area contributed by atoms with Gasteiger partial charge in [0.2, 0.25) is 0 Å². The number of nitrogens with zero attached hydrogens (tertiary/aromatic N) is 4. The molecule has 9 rings (SSSR count). The summed E-state index contributed by atoms with van der Waals surface area (Å²) < 4.78 is 24.2. The highest BCUT2D eigenvalue weighted by Crippen LogP contribution is 2.54. The molecule has 1 aromatic heterocycles. The van der Waals surface area contributed by atoms with Gasteiger partial charge in [-0.2, -0.15) is 5.26 Å². The van der Waals surface area contributed by atoms with E-state index in [0.29, 0.717) is 51.1 Å². The van der Waals surface area contributed by atoms with Gasteiger partial charge in [0.15, 0.2) is 9.84 Å². The van der Waals surface area contributed by atoms with E-state index in [-0.39, 0.29) is 23.3 Å². The number of nitrogens with one attached hydrogen (secondary N) is 2. The third-order valence-corrected chi connectivity index (χ3v) is 14.5. The quantitative estimate of drug-likeness (QED) is 0.175. The predicted octanol–water partition coefficient (Wildman–Crippen LogP) is 9.78. The summed E-state index contributed by atoms with van der Waals surface area (Å²) in [5, 5.41) is 15.7. The normalized spacial score (nSPS) is 20.8. The van der Waals surface area contributed by atoms with Crippen LogP contribution >= 0.6 is 34.8 Å². The van der Waals surface area contributed by atoms with Crippen LogP contribution in [-0.2, 0) is 9.84 Å². The topological polar surface area (TPSA) is 113 Å². The molecule has 0 bridgehead atoms. The molecule has 4 aliphatic rings. The van der Waals surface area contributed by atoms with Crippen LogP contribution in [-0.4, -0.2) is 72.8 Å². The van der Waals surface area contributed by atoms with Gasteiger partial charge in [-0.1, -0.05) is 84.2 Å². The van der Waals surface area contributed by atoms with Crippen molar-refractivity contribution in [2.75, 3.05) is 47.9 Å². The first kappa shape index (κ1) is 38.7. The molecule has 0 saturated carbocycles. The molecular formula is C45H41Cl3N6O3S. The number of hydrogen-bond acceptors (Lipinski definition) is 7. The minimum Gasteiger partial charge on any atom is -0.370 e. The number of aromatic amines is 1. The van der Waals surface area contributed by atoms with E-state index in [1.54, 1.807) is 18.2 Å². The van der Waals surface area contributed by atoms with Crippen LogP contribution in [0.4, 0.5) is 11.4 Å². The zero-order valence-corrected chi connectivity index (χ0v) is 34.9. The molecule has 2 fully saturated rings. The average Bonchev–Trinajstić information content (AvgIpc) is 3.50. The lowest BCUT2D eigenvalue weighted by molar-refractivity contribution is 0.102. The first-order chi connectivity index (χ1) is 28.0. The van der Waals surface area contributed by atoms with Crippen LogP contribution in [0.3, 0.4) is 0 Å². The van der Waals surface area contributed by atoms with Crippen LogP contribution in [0.15, 0.2) is 91.1 Å². The second-order valence-electron chi connectivity index (χ2n) is 15.6. The molecule has 2 saturated heterocycles. The van der Waals surface area contributed by atoms with Crippen molar-refractivity contribution < 1.29 is 13.2 Å². The smallest absolute Gasteiger partial charge is 0.272 e. The lowest BCUT2D eigenvalue weighted by Gasteiger charge is -2.41. The monoisotopic (exact) mass is 850 g/mol. The Bertz CT molecular complexity index is 2670. The van der Waals surface area contributed by atoms with E-state index in [0.717, 1.165) is 82.5 Å². The molecule has 5 aromatic rings. The Morgan fingerprint density at radius 3 is 2.38 bits per heavy atom. The van der Waals surface area contributed by atoms with Crippen molar-refractivity contribution in [2.24, 2.45) is 5.92 Å². The van der Waals surface area contributed by atoms with Gasteiger partial charge in [0.05, 0.1) is 46.3 Å². The van der Waals surface area contributed by atoms with Gasteiger partial charge in [0, 0.05) is 70.0 Å². The summed E-state index contributed by atoms with van der Waals surface area (Å²) >= 11 is 20.3. The lowest BCUT2D eigenvalue weighted by atomic mass is 9.82. The van der Waals surface area contributed by atoms with E-state index in [4.69, 9.17) is 34.8 Å². The minimum absolute atomic E-state index is 0.0888. The number of carbonyl (C=O) groups excluding carboxylic acids is 1. The van der Waals surface area contributed by atoms with Gasteiger partial charge < -0.3 is 20.1 Å². The maximum Gasteiger partial charge on any atom is 0.272 e. The predicted molar refractivity (Wildman–Crippen MR) is 234 cm³/mol. The maximum absolute atomic E-state index is 15.0. The van der Waals surface area contributed by atoms with E-state index < -0.39 is 15.9 Å². The number of hydrogen-bond donors (Lipinski definition) is 2. The van der Waals surface area contributed by atoms with Gasteiger partial charge in [0.1, 0.15) is 5.69 Å². The lowest BCUT2D eigenvalue weighted by Crippen LogP contribution is -2.50. The molecule has 13 heteroatoms. The number of carbonyl (C=O) groups is 1. The van der Waals surface area contributed by atoms with Crippen molar-refractivity contribution in [1.29, 1.82) is 5.26 Å². The molecule has 4 aromatic carbocycles. The Hall–Kier alpha value is -4.76. The van der Waals surface area contributed by atoms with Crippen LogP contribution in [0, 0.1) is 17.2 Å². The van der Waals surface area contributed by atoms with Gasteiger partial charge in [-0.25, -0.2) is 8.42 Å². The fourth-order valence-electron chi connectivity index (χ4n) is 9.33. The highest BCUT2D eigenvalue weighted by Gasteiger charge is 2.40. The maximum atomic E-state index is 15.0. The van der Waals surface area contributed by atoms with Crippen molar-refractivity contribution in [2.45, 2.75) is 38.3 Å². The number of fused-ring (bicyclic) bond motifs is 2. The molecule has 0 radical (unpaired) electrons. The number of piperidine rings is 1. The van der Waals surface area contributed by atoms with E-state index in [1.807, 2.05) is 48.5 Å². The largest absolute Gasteiger partial charge is 0.370 e. The third kappa shape index (κ3) is 7.07. The number of aromatic nitrogens is 1. The van der Waals surface area contributed by atoms with Crippen LogP contribution in [0.5, 0.6) is 0 Å². The number of amides is 1. The van der Waals surface area contributed by atoms with Crippen LogP contribution in [0.1, 0.15) is 70.5 Å². The Morgan fingerprint density at radius 1 is 0.897 bits per heavy atom. The number of nitriles is 1. The van der Waals surface area contributed by atoms with E-state index in [1.165, 1.54) is 0 Å². The summed E-state index contributed by atoms with van der Waals surface area (Å²) in [4.78, 5) is 25.3. The highest BCUT2D eigenvalue weighted by atomic mass is 35.5. The Morgan fingerprint density at radius 2 is 1.66 bits per heavy atom. The Kier molecular flexibility index (Phi) is 10.3. The van der Waals surface area contributed by atoms with E-state index in [9.17, 15) is 13.7 Å². The minimum atomic E-state index is -2.96. The molecule has 2 unspecified atom stereocenters. The third-order valence-electron chi connectivity index (χ3n) is 12.1. The molecule has 4 aliphatic heterocycles. The molecule has 2 atom stereocenters. The van der Waals surface area contributed by atoms with Crippen molar-refractivity contribution in [1.82, 2.24) is 14.8 Å². The molecule has 1 amide bonds. The number of H-pyrrole nitrogens is 1. The Labute approximate surface area is 353 Å². The van der Waals surface area contributed by atoms with E-state index in [2.05, 4.69) is 62.4 Å². The van der Waals surface area contributed by atoms with Gasteiger partial charge in [-0.3, -0.25) is 9.69 Å². The molecule has 58 heavy (non-hydrogen) atoms. The van der Waals surface area contributed by atoms with Crippen LogP contribution < -0.4 is 10.2 Å². The number of sulfone groups is 1. The van der Waals surface area contributed by atoms with Gasteiger partial charge in [-0.05, 0) is 89.9 Å². The fraction of sp³-hybridized carbons (Fsp3) is 0.289. The van der Waals surface area contributed by atoms with Gasteiger partial charge in [-0.15, -0.1) is 0 Å². The summed E-state index contributed by atoms with van der Waals surface area (Å²) in [5.74, 6) is 0.146. The second kappa shape index (κ2) is 15.4. The van der Waals surface area contributed by atoms with Gasteiger partial charge in [0.25, 0.3) is 5.91 Å². The number of halogens is 3. The van der Waals surface area contributed by atoms with Crippen molar-refractivity contribution in [3.63, 3.8) is 0 Å². The van der Waals surface area contributed by atoms with Crippen LogP contribution in [0.2, 0.25) is 15.1 Å². The van der Waals surface area contributed by atoms with Crippen molar-refractivity contribution in [3.05, 3.63) is 140 Å². The van der Waals surface area contributed by atoms with Gasteiger partial charge >= 0.3 is 0 Å². The standard InChI is InChI=1S/C45H41Cl3N6O3S/c1-27-6-5-15-54-43(33-11-10-30(46)24-35(33)48)34-23-31(47)25-37-40(34)41(44(54)39(27)29-7-3-2-4-8-29)42(50-37)45(55)51-36-22-28(26-49)9-12-38(36)53-16-13-32(14-17-53)52-18-20-58(56,57)21-19-52/h2-5,7-12,15,22-25,27,32,43,50H,6,13-14,16-21H2,1H3,(H,51,55). The zero-order chi connectivity index (χ0) is 40.3. The van der Waals surface area contributed by atoms with Crippen molar-refractivity contribution >= 4 is 84.1 Å². The first-order valence-electron chi connectivity index (χ1n) is 19.6. The molecule has 296 valence electrons. The first-order valence-corrected chi connectivity index (χ1v) is 22.5. The molecule has 0 spiro atoms. The average molecular weight is 852 g/mol. The number of allylic oxidation sites excluding steroid dienone is 2. The summed E-state index contributed by atoms with van der Waals surface area (Å²) in [6.07, 6.45) is 6.77. The number of anilines is 2. The Balaban J connectivity index is 1.16. The molecule has 9 nitrogen and oxygen atoms in total. The zero-order valence-electron chi connectivity index (χ0n) is 31.8. The number of benzene rings is 4. The molecule has 2 N–H and O–H groups in total. The summed E-state index contributed by atoms with van der Waals surface area (Å²) in [6.45, 7) is 4.79. The fourth-order valence-corrected chi connectivity index (χ4v) is 11.3. The van der Waals surface area contributed by atoms with Crippen LogP contribution in [0.25, 0.3) is 22.2 Å². The molecule has 5 heterocycles. The molecular weight excluding hydrogens is 811 g/mol. The SMILES string of the molecule is CC1CC=CN2C(=C1c1ccccc1)c1c(C(=O)Nc3cc(C#N)ccc3N3CCC(N4CCS(=O)(=O)CC4)CC3)[nH]c3cc(Cl)cc(c13)C2c1ccc(Cl)cc1Cl. The van der Waals surface area contributed by atoms with Crippen molar-refractivity contribution in [3.8, 4) is 6.07 Å². The van der Waals surface area contributed by atoms with E-state index >= 15 is 4.79 Å². The summed E-state index contributed by atoms with van der Waals surface area (Å²) in [7, 11) is -2.96.